The first-order valence-corrected chi connectivity index (χ1v) is 7.37. The van der Waals surface area contributed by atoms with E-state index in [-0.39, 0.29) is 17.7 Å². The van der Waals surface area contributed by atoms with Crippen molar-refractivity contribution < 1.29 is 9.53 Å². The van der Waals surface area contributed by atoms with E-state index in [1.54, 1.807) is 0 Å². The van der Waals surface area contributed by atoms with E-state index >= 15 is 0 Å². The quantitative estimate of drug-likeness (QED) is 0.798. The number of hydrogen-bond donors (Lipinski definition) is 1. The van der Waals surface area contributed by atoms with Crippen LogP contribution in [0.1, 0.15) is 13.3 Å². The summed E-state index contributed by atoms with van der Waals surface area (Å²) < 4.78 is 6.40. The van der Waals surface area contributed by atoms with Crippen LogP contribution in [0.5, 0.6) is 0 Å². The number of benzene rings is 1. The number of hydrogen-bond acceptors (Lipinski definition) is 2. The largest absolute Gasteiger partial charge is 0.381 e. The third-order valence-electron chi connectivity index (χ3n) is 3.17. The van der Waals surface area contributed by atoms with E-state index in [0.717, 1.165) is 9.99 Å². The van der Waals surface area contributed by atoms with Crippen LogP contribution in [0.4, 0.5) is 5.69 Å². The maximum Gasteiger partial charge on any atom is 0.227 e. The second-order valence-electron chi connectivity index (χ2n) is 4.56. The van der Waals surface area contributed by atoms with Gasteiger partial charge in [0.2, 0.25) is 5.91 Å². The lowest BCUT2D eigenvalue weighted by Crippen LogP contribution is -2.35. The van der Waals surface area contributed by atoms with Crippen molar-refractivity contribution in [3.05, 3.63) is 26.8 Å². The summed E-state index contributed by atoms with van der Waals surface area (Å²) in [5, 5.41) is 3.49. The summed E-state index contributed by atoms with van der Waals surface area (Å²) in [4.78, 5) is 12.2. The Balaban J connectivity index is 2.06. The number of carbonyl (C=O) groups is 1. The van der Waals surface area contributed by atoms with Gasteiger partial charge >= 0.3 is 0 Å². The van der Waals surface area contributed by atoms with Gasteiger partial charge in [0.05, 0.1) is 10.7 Å². The van der Waals surface area contributed by atoms with Crippen LogP contribution in [0.3, 0.4) is 0 Å². The summed E-state index contributed by atoms with van der Waals surface area (Å²) in [7, 11) is 0. The Kier molecular flexibility index (Phi) is 4.86. The predicted molar refractivity (Wildman–Crippen MR) is 80.9 cm³/mol. The van der Waals surface area contributed by atoms with Gasteiger partial charge in [-0.1, -0.05) is 18.5 Å². The van der Waals surface area contributed by atoms with Gasteiger partial charge in [-0.15, -0.1) is 0 Å². The molecule has 1 aromatic rings. The number of carbonyl (C=O) groups excluding carboxylic acids is 1. The Morgan fingerprint density at radius 3 is 3.00 bits per heavy atom. The lowest BCUT2D eigenvalue weighted by molar-refractivity contribution is -0.125. The lowest BCUT2D eigenvalue weighted by atomic mass is 9.89. The van der Waals surface area contributed by atoms with Gasteiger partial charge in [0.15, 0.2) is 0 Å². The molecule has 18 heavy (non-hydrogen) atoms. The average molecular weight is 380 g/mol. The smallest absolute Gasteiger partial charge is 0.227 e. The summed E-state index contributed by atoms with van der Waals surface area (Å²) in [6.45, 7) is 3.35. The maximum absolute atomic E-state index is 12.2. The van der Waals surface area contributed by atoms with Crippen LogP contribution in [0.25, 0.3) is 0 Å². The average Bonchev–Trinajstić information content (AvgIpc) is 2.33. The van der Waals surface area contributed by atoms with Crippen molar-refractivity contribution in [1.82, 2.24) is 0 Å². The molecule has 0 bridgehead atoms. The molecule has 1 aliphatic heterocycles. The number of amides is 1. The van der Waals surface area contributed by atoms with Crippen LogP contribution in [0, 0.1) is 15.4 Å². The summed E-state index contributed by atoms with van der Waals surface area (Å²) >= 11 is 8.29. The molecular weight excluding hydrogens is 365 g/mol. The predicted octanol–water partition coefficient (Wildman–Crippen LogP) is 3.56. The van der Waals surface area contributed by atoms with Crippen molar-refractivity contribution in [2.24, 2.45) is 11.8 Å². The normalized spacial score (nSPS) is 23.7. The van der Waals surface area contributed by atoms with Gasteiger partial charge in [0, 0.05) is 22.7 Å². The molecule has 98 valence electrons. The Labute approximate surface area is 125 Å². The van der Waals surface area contributed by atoms with E-state index in [2.05, 4.69) is 27.9 Å². The van der Waals surface area contributed by atoms with E-state index in [4.69, 9.17) is 16.3 Å². The van der Waals surface area contributed by atoms with E-state index in [0.29, 0.717) is 23.9 Å². The Hall–Kier alpha value is -0.330. The molecule has 0 aliphatic carbocycles. The minimum absolute atomic E-state index is 0.00842. The Bertz CT molecular complexity index is 453. The molecule has 1 saturated heterocycles. The second-order valence-corrected chi connectivity index (χ2v) is 6.21. The van der Waals surface area contributed by atoms with Crippen LogP contribution < -0.4 is 5.32 Å². The first-order chi connectivity index (χ1) is 8.58. The molecule has 1 aliphatic rings. The van der Waals surface area contributed by atoms with Crippen molar-refractivity contribution in [3.63, 3.8) is 0 Å². The topological polar surface area (TPSA) is 38.3 Å². The molecule has 1 amide bonds. The van der Waals surface area contributed by atoms with Gasteiger partial charge in [-0.3, -0.25) is 4.79 Å². The molecule has 2 unspecified atom stereocenters. The number of rotatable bonds is 2. The minimum Gasteiger partial charge on any atom is -0.381 e. The fourth-order valence-corrected chi connectivity index (χ4v) is 2.99. The highest BCUT2D eigenvalue weighted by Gasteiger charge is 2.28. The molecule has 3 nitrogen and oxygen atoms in total. The zero-order valence-electron chi connectivity index (χ0n) is 10.1. The number of halogens is 2. The second kappa shape index (κ2) is 6.21. The third kappa shape index (κ3) is 3.36. The maximum atomic E-state index is 12.2. The van der Waals surface area contributed by atoms with Gasteiger partial charge in [-0.25, -0.2) is 0 Å². The van der Waals surface area contributed by atoms with E-state index in [1.165, 1.54) is 0 Å². The molecule has 0 radical (unpaired) electrons. The molecule has 0 spiro atoms. The summed E-state index contributed by atoms with van der Waals surface area (Å²) in [6, 6.07) is 5.60. The standard InChI is InChI=1S/C13H15ClINO2/c1-8-7-18-5-4-10(8)13(17)16-12-3-2-9(15)6-11(12)14/h2-3,6,8,10H,4-5,7H2,1H3,(H,16,17). The van der Waals surface area contributed by atoms with Crippen LogP contribution in [-0.2, 0) is 9.53 Å². The SMILES string of the molecule is CC1COCCC1C(=O)Nc1ccc(I)cc1Cl. The number of anilines is 1. The summed E-state index contributed by atoms with van der Waals surface area (Å²) in [5.74, 6) is 0.296. The fraction of sp³-hybridized carbons (Fsp3) is 0.462. The molecule has 2 rings (SSSR count). The highest BCUT2D eigenvalue weighted by molar-refractivity contribution is 14.1. The Morgan fingerprint density at radius 2 is 2.33 bits per heavy atom. The van der Waals surface area contributed by atoms with Crippen LogP contribution in [-0.4, -0.2) is 19.1 Å². The highest BCUT2D eigenvalue weighted by Crippen LogP contribution is 2.27. The van der Waals surface area contributed by atoms with Gasteiger partial charge in [0.1, 0.15) is 0 Å². The molecule has 2 atom stereocenters. The molecule has 0 saturated carbocycles. The van der Waals surface area contributed by atoms with Gasteiger partial charge < -0.3 is 10.1 Å². The van der Waals surface area contributed by atoms with Crippen LogP contribution in [0.15, 0.2) is 18.2 Å². The molecule has 0 aromatic heterocycles. The van der Waals surface area contributed by atoms with Gasteiger partial charge in [0.25, 0.3) is 0 Å². The third-order valence-corrected chi connectivity index (χ3v) is 4.15. The summed E-state index contributed by atoms with van der Waals surface area (Å²) in [5.41, 5.74) is 0.681. The van der Waals surface area contributed by atoms with Crippen molar-refractivity contribution in [2.75, 3.05) is 18.5 Å². The first kappa shape index (κ1) is 14.1. The van der Waals surface area contributed by atoms with Crippen molar-refractivity contribution in [2.45, 2.75) is 13.3 Å². The van der Waals surface area contributed by atoms with Gasteiger partial charge in [-0.2, -0.15) is 0 Å². The Morgan fingerprint density at radius 1 is 1.56 bits per heavy atom. The van der Waals surface area contributed by atoms with Crippen molar-refractivity contribution in [1.29, 1.82) is 0 Å². The lowest BCUT2D eigenvalue weighted by Gasteiger charge is -2.27. The van der Waals surface area contributed by atoms with E-state index in [1.807, 2.05) is 25.1 Å². The van der Waals surface area contributed by atoms with Crippen molar-refractivity contribution in [3.8, 4) is 0 Å². The first-order valence-electron chi connectivity index (χ1n) is 5.91. The molecular formula is C13H15ClINO2. The molecule has 1 heterocycles. The minimum atomic E-state index is 0.00842. The highest BCUT2D eigenvalue weighted by atomic mass is 127. The van der Waals surface area contributed by atoms with Crippen molar-refractivity contribution >= 4 is 45.8 Å². The molecule has 5 heteroatoms. The van der Waals surface area contributed by atoms with E-state index in [9.17, 15) is 4.79 Å². The number of nitrogens with one attached hydrogen (secondary N) is 1. The van der Waals surface area contributed by atoms with Crippen LogP contribution in [0.2, 0.25) is 5.02 Å². The summed E-state index contributed by atoms with van der Waals surface area (Å²) in [6.07, 6.45) is 0.773. The van der Waals surface area contributed by atoms with Gasteiger partial charge in [-0.05, 0) is 53.1 Å². The zero-order valence-corrected chi connectivity index (χ0v) is 13.0. The molecule has 1 aromatic carbocycles. The fourth-order valence-electron chi connectivity index (χ4n) is 2.09. The number of ether oxygens (including phenoxy) is 1. The van der Waals surface area contributed by atoms with E-state index < -0.39 is 0 Å². The molecule has 1 N–H and O–H groups in total. The monoisotopic (exact) mass is 379 g/mol. The van der Waals surface area contributed by atoms with Crippen LogP contribution >= 0.6 is 34.2 Å². The zero-order chi connectivity index (χ0) is 13.1. The molecule has 1 fully saturated rings.